The van der Waals surface area contributed by atoms with Gasteiger partial charge in [0.1, 0.15) is 0 Å². The minimum Gasteiger partial charge on any atom is -0.355 e. The standard InChI is InChI=1S/C18H18N4OS/c1-19-17(23)15-7-5-14(6-8-15)13-24-18-21-10-11-22(18)12-16-4-2-3-9-20-16/h2-11H,12-13H2,1H3,(H,19,23). The first-order valence-corrected chi connectivity index (χ1v) is 8.59. The van der Waals surface area contributed by atoms with Crippen LogP contribution >= 0.6 is 11.8 Å². The SMILES string of the molecule is CNC(=O)c1ccc(CSc2nccn2Cc2ccccn2)cc1. The molecule has 24 heavy (non-hydrogen) atoms. The molecule has 1 N–H and O–H groups in total. The average molecular weight is 338 g/mol. The largest absolute Gasteiger partial charge is 0.355 e. The summed E-state index contributed by atoms with van der Waals surface area (Å²) in [5.41, 5.74) is 2.83. The Kier molecular flexibility index (Phi) is 5.28. The van der Waals surface area contributed by atoms with Gasteiger partial charge >= 0.3 is 0 Å². The summed E-state index contributed by atoms with van der Waals surface area (Å²) in [5.74, 6) is 0.730. The van der Waals surface area contributed by atoms with Gasteiger partial charge in [-0.1, -0.05) is 30.0 Å². The van der Waals surface area contributed by atoms with E-state index in [1.54, 1.807) is 31.2 Å². The van der Waals surface area contributed by atoms with Crippen molar-refractivity contribution in [1.82, 2.24) is 19.9 Å². The summed E-state index contributed by atoms with van der Waals surface area (Å²) in [6.45, 7) is 0.707. The van der Waals surface area contributed by atoms with Crippen LogP contribution in [0.3, 0.4) is 0 Å². The van der Waals surface area contributed by atoms with Crippen LogP contribution in [0.4, 0.5) is 0 Å². The normalized spacial score (nSPS) is 10.5. The third kappa shape index (κ3) is 4.02. The molecule has 2 heterocycles. The fourth-order valence-electron chi connectivity index (χ4n) is 2.27. The molecular formula is C18H18N4OS. The first kappa shape index (κ1) is 16.3. The molecule has 0 bridgehead atoms. The zero-order valence-corrected chi connectivity index (χ0v) is 14.2. The molecule has 122 valence electrons. The number of carbonyl (C=O) groups excluding carboxylic acids is 1. The van der Waals surface area contributed by atoms with Crippen LogP contribution in [-0.4, -0.2) is 27.5 Å². The molecule has 0 fully saturated rings. The van der Waals surface area contributed by atoms with Gasteiger partial charge in [-0.05, 0) is 29.8 Å². The summed E-state index contributed by atoms with van der Waals surface area (Å²) in [6.07, 6.45) is 5.57. The molecule has 6 heteroatoms. The Hall–Kier alpha value is -2.60. The quantitative estimate of drug-likeness (QED) is 0.702. The van der Waals surface area contributed by atoms with Gasteiger partial charge in [0.25, 0.3) is 5.91 Å². The second-order valence-electron chi connectivity index (χ2n) is 5.22. The lowest BCUT2D eigenvalue weighted by atomic mass is 10.1. The molecule has 3 rings (SSSR count). The van der Waals surface area contributed by atoms with Gasteiger partial charge in [0.05, 0.1) is 12.2 Å². The maximum Gasteiger partial charge on any atom is 0.251 e. The van der Waals surface area contributed by atoms with Crippen LogP contribution < -0.4 is 5.32 Å². The number of hydrogen-bond donors (Lipinski definition) is 1. The third-order valence-electron chi connectivity index (χ3n) is 3.55. The van der Waals surface area contributed by atoms with E-state index in [-0.39, 0.29) is 5.91 Å². The number of rotatable bonds is 6. The monoisotopic (exact) mass is 338 g/mol. The van der Waals surface area contributed by atoms with Gasteiger partial charge in [-0.3, -0.25) is 9.78 Å². The molecule has 0 unspecified atom stereocenters. The fraction of sp³-hybridized carbons (Fsp3) is 0.167. The summed E-state index contributed by atoms with van der Waals surface area (Å²) in [5, 5.41) is 3.58. The zero-order chi connectivity index (χ0) is 16.8. The molecule has 0 aliphatic rings. The van der Waals surface area contributed by atoms with Crippen molar-refractivity contribution in [3.63, 3.8) is 0 Å². The first-order chi connectivity index (χ1) is 11.8. The summed E-state index contributed by atoms with van der Waals surface area (Å²) in [6, 6.07) is 13.5. The van der Waals surface area contributed by atoms with E-state index in [0.29, 0.717) is 12.1 Å². The minimum absolute atomic E-state index is 0.0693. The van der Waals surface area contributed by atoms with Crippen LogP contribution in [-0.2, 0) is 12.3 Å². The second-order valence-corrected chi connectivity index (χ2v) is 6.17. The van der Waals surface area contributed by atoms with Crippen molar-refractivity contribution < 1.29 is 4.79 Å². The van der Waals surface area contributed by atoms with E-state index in [2.05, 4.69) is 19.9 Å². The van der Waals surface area contributed by atoms with Gasteiger partial charge in [0.15, 0.2) is 5.16 Å². The number of nitrogens with one attached hydrogen (secondary N) is 1. The van der Waals surface area contributed by atoms with E-state index in [0.717, 1.165) is 22.2 Å². The van der Waals surface area contributed by atoms with Gasteiger partial charge in [-0.2, -0.15) is 0 Å². The van der Waals surface area contributed by atoms with E-state index in [4.69, 9.17) is 0 Å². The van der Waals surface area contributed by atoms with Crippen molar-refractivity contribution in [3.8, 4) is 0 Å². The highest BCUT2D eigenvalue weighted by Gasteiger charge is 2.07. The number of carbonyl (C=O) groups is 1. The van der Waals surface area contributed by atoms with Crippen LogP contribution in [0.25, 0.3) is 0 Å². The molecule has 0 radical (unpaired) electrons. The minimum atomic E-state index is -0.0693. The first-order valence-electron chi connectivity index (χ1n) is 7.61. The second kappa shape index (κ2) is 7.79. The molecule has 0 aliphatic heterocycles. The van der Waals surface area contributed by atoms with E-state index >= 15 is 0 Å². The number of hydrogen-bond acceptors (Lipinski definition) is 4. The molecular weight excluding hydrogens is 320 g/mol. The molecule has 0 spiro atoms. The topological polar surface area (TPSA) is 59.8 Å². The highest BCUT2D eigenvalue weighted by molar-refractivity contribution is 7.98. The van der Waals surface area contributed by atoms with Gasteiger partial charge < -0.3 is 9.88 Å². The molecule has 0 atom stereocenters. The van der Waals surface area contributed by atoms with Gasteiger partial charge in [0, 0.05) is 37.0 Å². The Morgan fingerprint density at radius 2 is 1.96 bits per heavy atom. The Balaban J connectivity index is 1.63. The zero-order valence-electron chi connectivity index (χ0n) is 13.3. The highest BCUT2D eigenvalue weighted by atomic mass is 32.2. The predicted octanol–water partition coefficient (Wildman–Crippen LogP) is 2.98. The molecule has 0 saturated heterocycles. The average Bonchev–Trinajstić information content (AvgIpc) is 3.07. The molecule has 0 saturated carbocycles. The van der Waals surface area contributed by atoms with Gasteiger partial charge in [-0.25, -0.2) is 4.98 Å². The number of nitrogens with zero attached hydrogens (tertiary/aromatic N) is 3. The lowest BCUT2D eigenvalue weighted by Gasteiger charge is -2.07. The van der Waals surface area contributed by atoms with E-state index < -0.39 is 0 Å². The predicted molar refractivity (Wildman–Crippen MR) is 95.0 cm³/mol. The molecule has 5 nitrogen and oxygen atoms in total. The van der Waals surface area contributed by atoms with Crippen LogP contribution in [0.5, 0.6) is 0 Å². The Bertz CT molecular complexity index is 799. The van der Waals surface area contributed by atoms with Crippen molar-refractivity contribution in [2.45, 2.75) is 17.5 Å². The van der Waals surface area contributed by atoms with Crippen molar-refractivity contribution in [3.05, 3.63) is 77.9 Å². The number of pyridine rings is 1. The third-order valence-corrected chi connectivity index (χ3v) is 4.62. The summed E-state index contributed by atoms with van der Waals surface area (Å²) in [7, 11) is 1.63. The van der Waals surface area contributed by atoms with Crippen molar-refractivity contribution in [1.29, 1.82) is 0 Å². The highest BCUT2D eigenvalue weighted by Crippen LogP contribution is 2.22. The summed E-state index contributed by atoms with van der Waals surface area (Å²) in [4.78, 5) is 20.3. The smallest absolute Gasteiger partial charge is 0.251 e. The number of aromatic nitrogens is 3. The molecule has 2 aromatic heterocycles. The molecule has 1 aromatic carbocycles. The molecule has 0 aliphatic carbocycles. The summed E-state index contributed by atoms with van der Waals surface area (Å²) >= 11 is 1.67. The fourth-order valence-corrected chi connectivity index (χ4v) is 3.18. The Labute approximate surface area is 145 Å². The maximum absolute atomic E-state index is 11.6. The number of benzene rings is 1. The number of imidazole rings is 1. The van der Waals surface area contributed by atoms with Crippen molar-refractivity contribution >= 4 is 17.7 Å². The Morgan fingerprint density at radius 3 is 2.67 bits per heavy atom. The molecule has 1 amide bonds. The molecule has 3 aromatic rings. The van der Waals surface area contributed by atoms with E-state index in [1.807, 2.05) is 48.7 Å². The van der Waals surface area contributed by atoms with Gasteiger partial charge in [-0.15, -0.1) is 0 Å². The van der Waals surface area contributed by atoms with E-state index in [1.165, 1.54) is 0 Å². The van der Waals surface area contributed by atoms with Crippen molar-refractivity contribution in [2.24, 2.45) is 0 Å². The lowest BCUT2D eigenvalue weighted by molar-refractivity contribution is 0.0963. The van der Waals surface area contributed by atoms with Crippen molar-refractivity contribution in [2.75, 3.05) is 7.05 Å². The van der Waals surface area contributed by atoms with Gasteiger partial charge in [0.2, 0.25) is 0 Å². The Morgan fingerprint density at radius 1 is 1.12 bits per heavy atom. The van der Waals surface area contributed by atoms with Crippen LogP contribution in [0, 0.1) is 0 Å². The van der Waals surface area contributed by atoms with Crippen LogP contribution in [0.1, 0.15) is 21.6 Å². The number of amides is 1. The lowest BCUT2D eigenvalue weighted by Crippen LogP contribution is -2.17. The van der Waals surface area contributed by atoms with Crippen LogP contribution in [0.2, 0.25) is 0 Å². The number of thioether (sulfide) groups is 1. The summed E-state index contributed by atoms with van der Waals surface area (Å²) < 4.78 is 2.09. The van der Waals surface area contributed by atoms with E-state index in [9.17, 15) is 4.79 Å². The maximum atomic E-state index is 11.6. The van der Waals surface area contributed by atoms with Crippen LogP contribution in [0.15, 0.2) is 66.2 Å².